The van der Waals surface area contributed by atoms with Gasteiger partial charge in [0.25, 0.3) is 0 Å². The Kier molecular flexibility index (Phi) is 7.84. The average Bonchev–Trinajstić information content (AvgIpc) is 2.44. The molecule has 0 heterocycles. The van der Waals surface area contributed by atoms with E-state index >= 15 is 0 Å². The molecule has 20 heavy (non-hydrogen) atoms. The van der Waals surface area contributed by atoms with Crippen molar-refractivity contribution in [1.82, 2.24) is 5.32 Å². The van der Waals surface area contributed by atoms with Gasteiger partial charge in [0, 0.05) is 23.9 Å². The predicted molar refractivity (Wildman–Crippen MR) is 87.2 cm³/mol. The molecule has 0 saturated carbocycles. The van der Waals surface area contributed by atoms with E-state index in [0.717, 1.165) is 6.42 Å². The number of rotatable bonds is 6. The van der Waals surface area contributed by atoms with Crippen LogP contribution in [0.15, 0.2) is 30.3 Å². The molecule has 2 atom stereocenters. The minimum atomic E-state index is -0.138. The summed E-state index contributed by atoms with van der Waals surface area (Å²) in [7, 11) is 0. The fraction of sp³-hybridized carbons (Fsp3) is 0.562. The zero-order valence-corrected chi connectivity index (χ0v) is 13.7. The summed E-state index contributed by atoms with van der Waals surface area (Å²) in [6.45, 7) is 8.68. The second-order valence-electron chi connectivity index (χ2n) is 5.69. The summed E-state index contributed by atoms with van der Waals surface area (Å²) in [4.78, 5) is 12.0. The van der Waals surface area contributed by atoms with Gasteiger partial charge in [-0.15, -0.1) is 12.4 Å². The van der Waals surface area contributed by atoms with Gasteiger partial charge in [-0.1, -0.05) is 58.0 Å². The van der Waals surface area contributed by atoms with Crippen LogP contribution in [0.2, 0.25) is 0 Å². The second-order valence-corrected chi connectivity index (χ2v) is 5.69. The number of nitrogens with two attached hydrogens (primary N) is 1. The van der Waals surface area contributed by atoms with Crippen molar-refractivity contribution in [2.24, 2.45) is 11.7 Å². The molecule has 1 aromatic carbocycles. The standard InChI is InChI=1S/C16H26N2O.ClH/c1-5-14(18-15(19)12(2)11-17)16(3,4)13-9-7-6-8-10-13;/h6-10,12,14H,5,11,17H2,1-4H3,(H,18,19);1H. The third kappa shape index (κ3) is 4.50. The van der Waals surface area contributed by atoms with E-state index in [2.05, 4.69) is 38.2 Å². The Balaban J connectivity index is 0.00000361. The van der Waals surface area contributed by atoms with E-state index in [1.807, 2.05) is 25.1 Å². The summed E-state index contributed by atoms with van der Waals surface area (Å²) in [5.41, 5.74) is 6.69. The van der Waals surface area contributed by atoms with Crippen molar-refractivity contribution >= 4 is 18.3 Å². The number of carbonyl (C=O) groups is 1. The summed E-state index contributed by atoms with van der Waals surface area (Å²) in [5, 5.41) is 3.14. The van der Waals surface area contributed by atoms with Crippen LogP contribution in [0.25, 0.3) is 0 Å². The average molecular weight is 299 g/mol. The van der Waals surface area contributed by atoms with E-state index in [9.17, 15) is 4.79 Å². The number of benzene rings is 1. The molecule has 0 fully saturated rings. The maximum absolute atomic E-state index is 12.0. The van der Waals surface area contributed by atoms with Gasteiger partial charge in [0.2, 0.25) is 5.91 Å². The highest BCUT2D eigenvalue weighted by atomic mass is 35.5. The van der Waals surface area contributed by atoms with Crippen molar-refractivity contribution < 1.29 is 4.79 Å². The highest BCUT2D eigenvalue weighted by molar-refractivity contribution is 5.85. The molecule has 1 rings (SSSR count). The SMILES string of the molecule is CCC(NC(=O)C(C)CN)C(C)(C)c1ccccc1.Cl. The van der Waals surface area contributed by atoms with Crippen LogP contribution in [0.1, 0.15) is 39.7 Å². The van der Waals surface area contributed by atoms with Gasteiger partial charge in [-0.05, 0) is 12.0 Å². The molecule has 0 spiro atoms. The lowest BCUT2D eigenvalue weighted by Gasteiger charge is -2.35. The Hall–Kier alpha value is -1.06. The number of carbonyl (C=O) groups excluding carboxylic acids is 1. The maximum atomic E-state index is 12.0. The largest absolute Gasteiger partial charge is 0.352 e. The van der Waals surface area contributed by atoms with Crippen molar-refractivity contribution in [3.63, 3.8) is 0 Å². The molecule has 1 amide bonds. The number of amides is 1. The van der Waals surface area contributed by atoms with Crippen LogP contribution >= 0.6 is 12.4 Å². The molecule has 4 heteroatoms. The first kappa shape index (κ1) is 18.9. The summed E-state index contributed by atoms with van der Waals surface area (Å²) in [6, 6.07) is 10.4. The zero-order valence-electron chi connectivity index (χ0n) is 12.8. The van der Waals surface area contributed by atoms with Crippen LogP contribution in [-0.2, 0) is 10.2 Å². The van der Waals surface area contributed by atoms with Crippen LogP contribution in [-0.4, -0.2) is 18.5 Å². The van der Waals surface area contributed by atoms with Crippen molar-refractivity contribution in [3.8, 4) is 0 Å². The number of nitrogens with one attached hydrogen (secondary N) is 1. The van der Waals surface area contributed by atoms with E-state index in [0.29, 0.717) is 6.54 Å². The van der Waals surface area contributed by atoms with Gasteiger partial charge in [-0.2, -0.15) is 0 Å². The Bertz CT molecular complexity index is 406. The molecule has 0 aliphatic carbocycles. The fourth-order valence-corrected chi connectivity index (χ4v) is 2.28. The highest BCUT2D eigenvalue weighted by Crippen LogP contribution is 2.28. The first-order valence-corrected chi connectivity index (χ1v) is 6.99. The molecule has 1 aromatic rings. The lowest BCUT2D eigenvalue weighted by atomic mass is 9.76. The number of hydrogen-bond donors (Lipinski definition) is 2. The Morgan fingerprint density at radius 2 is 1.85 bits per heavy atom. The molecule has 0 aliphatic rings. The van der Waals surface area contributed by atoms with Gasteiger partial charge in [-0.25, -0.2) is 0 Å². The molecule has 3 N–H and O–H groups in total. The minimum Gasteiger partial charge on any atom is -0.352 e. The Labute approximate surface area is 128 Å². The third-order valence-electron chi connectivity index (χ3n) is 3.91. The Morgan fingerprint density at radius 1 is 1.30 bits per heavy atom. The van der Waals surface area contributed by atoms with Crippen molar-refractivity contribution in [2.75, 3.05) is 6.54 Å². The molecule has 0 bridgehead atoms. The van der Waals surface area contributed by atoms with E-state index in [4.69, 9.17) is 5.73 Å². The molecular formula is C16H27ClN2O. The van der Waals surface area contributed by atoms with E-state index in [1.54, 1.807) is 0 Å². The predicted octanol–water partition coefficient (Wildman–Crippen LogP) is 2.88. The fourth-order valence-electron chi connectivity index (χ4n) is 2.28. The van der Waals surface area contributed by atoms with Crippen LogP contribution in [0.5, 0.6) is 0 Å². The molecule has 0 saturated heterocycles. The summed E-state index contributed by atoms with van der Waals surface area (Å²) in [6.07, 6.45) is 0.894. The topological polar surface area (TPSA) is 55.1 Å². The summed E-state index contributed by atoms with van der Waals surface area (Å²) >= 11 is 0. The zero-order chi connectivity index (χ0) is 14.5. The molecule has 3 nitrogen and oxygen atoms in total. The van der Waals surface area contributed by atoms with Gasteiger partial charge >= 0.3 is 0 Å². The molecule has 114 valence electrons. The molecule has 0 aromatic heterocycles. The van der Waals surface area contributed by atoms with E-state index in [1.165, 1.54) is 5.56 Å². The number of halogens is 1. The van der Waals surface area contributed by atoms with E-state index < -0.39 is 0 Å². The van der Waals surface area contributed by atoms with Gasteiger partial charge in [0.15, 0.2) is 0 Å². The Morgan fingerprint density at radius 3 is 2.30 bits per heavy atom. The monoisotopic (exact) mass is 298 g/mol. The van der Waals surface area contributed by atoms with Gasteiger partial charge in [-0.3, -0.25) is 4.79 Å². The molecular weight excluding hydrogens is 272 g/mol. The normalized spacial score (nSPS) is 14.1. The van der Waals surface area contributed by atoms with Gasteiger partial charge in [0.1, 0.15) is 0 Å². The van der Waals surface area contributed by atoms with Crippen molar-refractivity contribution in [2.45, 2.75) is 45.6 Å². The third-order valence-corrected chi connectivity index (χ3v) is 3.91. The van der Waals surface area contributed by atoms with Crippen LogP contribution < -0.4 is 11.1 Å². The first-order valence-electron chi connectivity index (χ1n) is 6.99. The van der Waals surface area contributed by atoms with Gasteiger partial charge < -0.3 is 11.1 Å². The molecule has 2 unspecified atom stereocenters. The van der Waals surface area contributed by atoms with Crippen LogP contribution in [0.4, 0.5) is 0 Å². The molecule has 0 aliphatic heterocycles. The summed E-state index contributed by atoms with van der Waals surface area (Å²) < 4.78 is 0. The smallest absolute Gasteiger partial charge is 0.224 e. The first-order chi connectivity index (χ1) is 8.93. The lowest BCUT2D eigenvalue weighted by molar-refractivity contribution is -0.125. The molecule has 0 radical (unpaired) electrons. The highest BCUT2D eigenvalue weighted by Gasteiger charge is 2.31. The lowest BCUT2D eigenvalue weighted by Crippen LogP contribution is -2.49. The number of hydrogen-bond acceptors (Lipinski definition) is 2. The summed E-state index contributed by atoms with van der Waals surface area (Å²) in [5.74, 6) is -0.0982. The van der Waals surface area contributed by atoms with Crippen molar-refractivity contribution in [3.05, 3.63) is 35.9 Å². The van der Waals surface area contributed by atoms with Crippen molar-refractivity contribution in [1.29, 1.82) is 0 Å². The quantitative estimate of drug-likeness (QED) is 0.848. The van der Waals surface area contributed by atoms with Gasteiger partial charge in [0.05, 0.1) is 0 Å². The second kappa shape index (κ2) is 8.28. The van der Waals surface area contributed by atoms with Crippen LogP contribution in [0, 0.1) is 5.92 Å². The van der Waals surface area contributed by atoms with Crippen LogP contribution in [0.3, 0.4) is 0 Å². The minimum absolute atomic E-state index is 0. The van der Waals surface area contributed by atoms with E-state index in [-0.39, 0.29) is 35.7 Å². The maximum Gasteiger partial charge on any atom is 0.224 e.